The van der Waals surface area contributed by atoms with Crippen LogP contribution in [0.5, 0.6) is 17.2 Å². The molecule has 0 fully saturated rings. The second kappa shape index (κ2) is 6.61. The van der Waals surface area contributed by atoms with E-state index < -0.39 is 33.4 Å². The van der Waals surface area contributed by atoms with Gasteiger partial charge in [-0.1, -0.05) is 23.9 Å². The Balaban J connectivity index is 1.71. The fourth-order valence-corrected chi connectivity index (χ4v) is 3.39. The van der Waals surface area contributed by atoms with Gasteiger partial charge in [-0.05, 0) is 24.3 Å². The molecule has 25 heavy (non-hydrogen) atoms. The molecule has 0 bridgehead atoms. The average Bonchev–Trinajstić information content (AvgIpc) is 2.60. The lowest BCUT2D eigenvalue weighted by atomic mass is 10.2. The molecule has 0 saturated carbocycles. The Hall–Kier alpha value is -2.78. The summed E-state index contributed by atoms with van der Waals surface area (Å²) >= 11 is 0. The minimum Gasteiger partial charge on any atom is -0.872 e. The van der Waals surface area contributed by atoms with Crippen molar-refractivity contribution in [3.63, 3.8) is 0 Å². The molecule has 2 aromatic rings. The van der Waals surface area contributed by atoms with Crippen LogP contribution in [0.4, 0.5) is 0 Å². The molecule has 1 heterocycles. The van der Waals surface area contributed by atoms with Crippen molar-refractivity contribution >= 4 is 16.0 Å². The van der Waals surface area contributed by atoms with E-state index in [2.05, 4.69) is 4.72 Å². The number of carbonyl (C=O) groups is 1. The van der Waals surface area contributed by atoms with Gasteiger partial charge < -0.3 is 19.7 Å². The van der Waals surface area contributed by atoms with Gasteiger partial charge in [0.05, 0.1) is 17.0 Å². The van der Waals surface area contributed by atoms with Crippen molar-refractivity contribution < 1.29 is 32.9 Å². The molecule has 2 N–H and O–H groups in total. The van der Waals surface area contributed by atoms with E-state index in [4.69, 9.17) is 14.6 Å². The fraction of sp³-hybridized carbons (Fsp3) is 0.188. The molecule has 0 amide bonds. The van der Waals surface area contributed by atoms with Crippen LogP contribution in [0.1, 0.15) is 10.4 Å². The van der Waals surface area contributed by atoms with Crippen LogP contribution in [0.15, 0.2) is 47.4 Å². The minimum absolute atomic E-state index is 0.0712. The largest absolute Gasteiger partial charge is 0.872 e. The molecule has 0 aliphatic carbocycles. The molecular weight excluding hydrogens is 350 g/mol. The smallest absolute Gasteiger partial charge is 0.335 e. The predicted molar refractivity (Wildman–Crippen MR) is 84.4 cm³/mol. The first-order valence-corrected chi connectivity index (χ1v) is 8.77. The van der Waals surface area contributed by atoms with Gasteiger partial charge >= 0.3 is 5.97 Å². The highest BCUT2D eigenvalue weighted by Crippen LogP contribution is 2.30. The van der Waals surface area contributed by atoms with Gasteiger partial charge in [0, 0.05) is 0 Å². The molecule has 8 nitrogen and oxygen atoms in total. The maximum Gasteiger partial charge on any atom is 0.335 e. The van der Waals surface area contributed by atoms with Gasteiger partial charge in [0.15, 0.2) is 11.5 Å². The van der Waals surface area contributed by atoms with Crippen molar-refractivity contribution in [1.29, 1.82) is 0 Å². The number of carboxylic acid groups (broad SMARTS) is 1. The van der Waals surface area contributed by atoms with E-state index in [0.717, 1.165) is 18.2 Å². The van der Waals surface area contributed by atoms with Crippen LogP contribution in [0.25, 0.3) is 0 Å². The second-order valence-corrected chi connectivity index (χ2v) is 7.08. The van der Waals surface area contributed by atoms with Crippen LogP contribution >= 0.6 is 0 Å². The summed E-state index contributed by atoms with van der Waals surface area (Å²) < 4.78 is 38.1. The predicted octanol–water partition coefficient (Wildman–Crippen LogP) is 0.577. The van der Waals surface area contributed by atoms with E-state index in [1.54, 1.807) is 24.3 Å². The van der Waals surface area contributed by atoms with Crippen molar-refractivity contribution in [2.24, 2.45) is 0 Å². The Morgan fingerprint density at radius 2 is 1.96 bits per heavy atom. The Kier molecular flexibility index (Phi) is 4.51. The Morgan fingerprint density at radius 1 is 1.24 bits per heavy atom. The van der Waals surface area contributed by atoms with Crippen LogP contribution in [0, 0.1) is 0 Å². The molecular formula is C16H14NO7S-. The number of sulfonamides is 1. The van der Waals surface area contributed by atoms with Gasteiger partial charge in [-0.2, -0.15) is 0 Å². The number of rotatable bonds is 5. The SMILES string of the molecule is O=C(O)c1cc(S(=O)(=O)NC[C@H]2COc3ccccc3O2)ccc1[O-]. The standard InChI is InChI=1S/C16H15NO7S/c18-13-6-5-11(7-12(13)16(19)20)25(21,22)17-8-10-9-23-14-3-1-2-4-15(14)24-10/h1-7,10,17-18H,8-9H2,(H,19,20)/p-1/t10-/m0/s1. The highest BCUT2D eigenvalue weighted by molar-refractivity contribution is 7.89. The molecule has 1 aliphatic rings. The van der Waals surface area contributed by atoms with Gasteiger partial charge in [0.25, 0.3) is 0 Å². The number of hydrogen-bond acceptors (Lipinski definition) is 6. The van der Waals surface area contributed by atoms with Crippen molar-refractivity contribution in [3.05, 3.63) is 48.0 Å². The summed E-state index contributed by atoms with van der Waals surface area (Å²) in [6.45, 7) is 0.0948. The summed E-state index contributed by atoms with van der Waals surface area (Å²) in [5.41, 5.74) is -0.603. The van der Waals surface area contributed by atoms with Crippen molar-refractivity contribution in [3.8, 4) is 17.2 Å². The zero-order valence-electron chi connectivity index (χ0n) is 12.8. The maximum absolute atomic E-state index is 12.3. The molecule has 0 aromatic heterocycles. The molecule has 0 unspecified atom stereocenters. The van der Waals surface area contributed by atoms with Crippen LogP contribution in [-0.2, 0) is 10.0 Å². The zero-order chi connectivity index (χ0) is 18.0. The Bertz CT molecular complexity index is 910. The summed E-state index contributed by atoms with van der Waals surface area (Å²) in [6, 6.07) is 9.83. The van der Waals surface area contributed by atoms with E-state index >= 15 is 0 Å². The summed E-state index contributed by atoms with van der Waals surface area (Å²) in [7, 11) is -4.00. The molecule has 0 saturated heterocycles. The van der Waals surface area contributed by atoms with E-state index in [9.17, 15) is 18.3 Å². The molecule has 0 radical (unpaired) electrons. The third-order valence-corrected chi connectivity index (χ3v) is 4.98. The van der Waals surface area contributed by atoms with Gasteiger partial charge in [-0.25, -0.2) is 17.9 Å². The molecule has 3 rings (SSSR count). The average molecular weight is 364 g/mol. The summed E-state index contributed by atoms with van der Waals surface area (Å²) in [6.07, 6.45) is -0.539. The third-order valence-electron chi connectivity index (χ3n) is 3.56. The molecule has 0 spiro atoms. The third kappa shape index (κ3) is 3.67. The fourth-order valence-electron chi connectivity index (χ4n) is 2.29. The molecule has 2 aromatic carbocycles. The van der Waals surface area contributed by atoms with Gasteiger partial charge in [-0.15, -0.1) is 0 Å². The number of fused-ring (bicyclic) bond motifs is 1. The first-order valence-electron chi connectivity index (χ1n) is 7.29. The van der Waals surface area contributed by atoms with E-state index in [-0.39, 0.29) is 18.0 Å². The number of benzene rings is 2. The number of aromatic carboxylic acids is 1. The maximum atomic E-state index is 12.3. The summed E-state index contributed by atoms with van der Waals surface area (Å²) in [4.78, 5) is 10.7. The first kappa shape index (κ1) is 17.1. The molecule has 1 aliphatic heterocycles. The van der Waals surface area contributed by atoms with Gasteiger partial charge in [-0.3, -0.25) is 0 Å². The number of carboxylic acids is 1. The van der Waals surface area contributed by atoms with Crippen LogP contribution in [0.3, 0.4) is 0 Å². The number of para-hydroxylation sites is 2. The van der Waals surface area contributed by atoms with Crippen molar-refractivity contribution in [2.75, 3.05) is 13.2 Å². The van der Waals surface area contributed by atoms with Crippen molar-refractivity contribution in [1.82, 2.24) is 4.72 Å². The Labute approximate surface area is 143 Å². The lowest BCUT2D eigenvalue weighted by molar-refractivity contribution is -0.268. The normalized spacial score (nSPS) is 16.4. The monoisotopic (exact) mass is 364 g/mol. The quantitative estimate of drug-likeness (QED) is 0.795. The first-order chi connectivity index (χ1) is 11.9. The summed E-state index contributed by atoms with van der Waals surface area (Å²) in [5, 5.41) is 20.4. The van der Waals surface area contributed by atoms with Crippen LogP contribution in [-0.4, -0.2) is 38.7 Å². The molecule has 132 valence electrons. The van der Waals surface area contributed by atoms with E-state index in [1.165, 1.54) is 0 Å². The van der Waals surface area contributed by atoms with E-state index in [0.29, 0.717) is 11.5 Å². The zero-order valence-corrected chi connectivity index (χ0v) is 13.7. The summed E-state index contributed by atoms with van der Waals surface area (Å²) in [5.74, 6) is -1.14. The van der Waals surface area contributed by atoms with Gasteiger partial charge in [0.1, 0.15) is 12.7 Å². The van der Waals surface area contributed by atoms with Gasteiger partial charge in [0.2, 0.25) is 10.0 Å². The topological polar surface area (TPSA) is 125 Å². The molecule has 9 heteroatoms. The number of ether oxygens (including phenoxy) is 2. The second-order valence-electron chi connectivity index (χ2n) is 5.31. The number of hydrogen-bond donors (Lipinski definition) is 2. The van der Waals surface area contributed by atoms with E-state index in [1.807, 2.05) is 0 Å². The van der Waals surface area contributed by atoms with Crippen molar-refractivity contribution in [2.45, 2.75) is 11.0 Å². The number of nitrogens with one attached hydrogen (secondary N) is 1. The lowest BCUT2D eigenvalue weighted by Gasteiger charge is -2.26. The lowest BCUT2D eigenvalue weighted by Crippen LogP contribution is -2.40. The Morgan fingerprint density at radius 3 is 2.68 bits per heavy atom. The minimum atomic E-state index is -4.00. The molecule has 1 atom stereocenters. The van der Waals surface area contributed by atoms with Crippen LogP contribution < -0.4 is 19.3 Å². The van der Waals surface area contributed by atoms with Crippen LogP contribution in [0.2, 0.25) is 0 Å². The highest BCUT2D eigenvalue weighted by Gasteiger charge is 2.24. The highest BCUT2D eigenvalue weighted by atomic mass is 32.2.